The Balaban J connectivity index is 1.68. The number of benzene rings is 2. The van der Waals surface area contributed by atoms with Crippen molar-refractivity contribution in [3.63, 3.8) is 0 Å². The first kappa shape index (κ1) is 17.5. The Bertz CT molecular complexity index is 731. The van der Waals surface area contributed by atoms with E-state index in [1.54, 1.807) is 0 Å². The lowest BCUT2D eigenvalue weighted by Crippen LogP contribution is -2.39. The first-order valence-corrected chi connectivity index (χ1v) is 8.19. The Morgan fingerprint density at radius 2 is 1.88 bits per heavy atom. The molecule has 0 aromatic heterocycles. The molecule has 3 nitrogen and oxygen atoms in total. The summed E-state index contributed by atoms with van der Waals surface area (Å²) in [6.07, 6.45) is -2.82. The van der Waals surface area contributed by atoms with Crippen molar-refractivity contribution < 1.29 is 18.0 Å². The molecular weight excluding hydrogens is 329 g/mol. The lowest BCUT2D eigenvalue weighted by atomic mass is 10.1. The van der Waals surface area contributed by atoms with Crippen molar-refractivity contribution in [1.29, 1.82) is 0 Å². The van der Waals surface area contributed by atoms with Crippen molar-refractivity contribution in [3.8, 4) is 0 Å². The average Bonchev–Trinajstić information content (AvgIpc) is 3.03. The number of carbonyl (C=O) groups is 1. The molecule has 1 N–H and O–H groups in total. The van der Waals surface area contributed by atoms with Crippen LogP contribution >= 0.6 is 0 Å². The monoisotopic (exact) mass is 348 g/mol. The molecule has 2 aromatic rings. The Labute approximate surface area is 144 Å². The maximum atomic E-state index is 12.8. The van der Waals surface area contributed by atoms with Crippen LogP contribution in [-0.4, -0.2) is 23.4 Å². The Kier molecular flexibility index (Phi) is 5.08. The van der Waals surface area contributed by atoms with Gasteiger partial charge in [-0.3, -0.25) is 9.69 Å². The van der Waals surface area contributed by atoms with Crippen LogP contribution in [0.25, 0.3) is 0 Å². The normalized spacial score (nSPS) is 18.3. The van der Waals surface area contributed by atoms with E-state index in [1.165, 1.54) is 12.1 Å². The fourth-order valence-electron chi connectivity index (χ4n) is 3.13. The molecule has 6 heteroatoms. The summed E-state index contributed by atoms with van der Waals surface area (Å²) >= 11 is 0. The summed E-state index contributed by atoms with van der Waals surface area (Å²) in [4.78, 5) is 14.6. The predicted octanol–water partition coefficient (Wildman–Crippen LogP) is 4.31. The number of hydrogen-bond donors (Lipinski definition) is 1. The number of hydrogen-bond acceptors (Lipinski definition) is 2. The molecule has 0 unspecified atom stereocenters. The van der Waals surface area contributed by atoms with Gasteiger partial charge in [-0.25, -0.2) is 0 Å². The second kappa shape index (κ2) is 7.27. The molecule has 1 amide bonds. The number of anilines is 1. The summed E-state index contributed by atoms with van der Waals surface area (Å²) in [5.41, 5.74) is 0.519. The van der Waals surface area contributed by atoms with Crippen LogP contribution in [0.15, 0.2) is 54.6 Å². The van der Waals surface area contributed by atoms with Gasteiger partial charge in [-0.15, -0.1) is 0 Å². The van der Waals surface area contributed by atoms with Crippen LogP contribution in [0.4, 0.5) is 18.9 Å². The van der Waals surface area contributed by atoms with Gasteiger partial charge >= 0.3 is 6.18 Å². The summed E-state index contributed by atoms with van der Waals surface area (Å²) < 4.78 is 38.4. The number of amides is 1. The van der Waals surface area contributed by atoms with Crippen LogP contribution in [-0.2, 0) is 17.5 Å². The summed E-state index contributed by atoms with van der Waals surface area (Å²) in [5.74, 6) is -0.257. The number of alkyl halides is 3. The van der Waals surface area contributed by atoms with E-state index in [1.807, 2.05) is 30.3 Å². The molecule has 0 spiro atoms. The molecule has 1 aliphatic rings. The van der Waals surface area contributed by atoms with Crippen molar-refractivity contribution in [2.75, 3.05) is 11.9 Å². The maximum absolute atomic E-state index is 12.8. The fraction of sp³-hybridized carbons (Fsp3) is 0.316. The molecule has 1 aliphatic heterocycles. The zero-order valence-electron chi connectivity index (χ0n) is 13.6. The van der Waals surface area contributed by atoms with Crippen LogP contribution < -0.4 is 5.32 Å². The van der Waals surface area contributed by atoms with Gasteiger partial charge in [0, 0.05) is 12.2 Å². The molecule has 25 heavy (non-hydrogen) atoms. The molecule has 0 bridgehead atoms. The van der Waals surface area contributed by atoms with E-state index in [-0.39, 0.29) is 17.6 Å². The number of carbonyl (C=O) groups excluding carboxylic acids is 1. The molecule has 0 radical (unpaired) electrons. The van der Waals surface area contributed by atoms with E-state index in [9.17, 15) is 18.0 Å². The first-order chi connectivity index (χ1) is 11.9. The Morgan fingerprint density at radius 3 is 2.60 bits per heavy atom. The maximum Gasteiger partial charge on any atom is 0.416 e. The van der Waals surface area contributed by atoms with Crippen molar-refractivity contribution in [2.45, 2.75) is 31.6 Å². The largest absolute Gasteiger partial charge is 0.416 e. The van der Waals surface area contributed by atoms with Gasteiger partial charge in [-0.1, -0.05) is 36.4 Å². The number of halogens is 3. The molecule has 3 rings (SSSR count). The number of nitrogens with zero attached hydrogens (tertiary/aromatic N) is 1. The third kappa shape index (κ3) is 4.39. The van der Waals surface area contributed by atoms with Crippen LogP contribution in [0.2, 0.25) is 0 Å². The third-order valence-electron chi connectivity index (χ3n) is 4.35. The SMILES string of the molecule is O=C(Nc1cccc(C(F)(F)F)c1)[C@@H]1CCCN1Cc1ccccc1. The Hall–Kier alpha value is -2.34. The summed E-state index contributed by atoms with van der Waals surface area (Å²) in [7, 11) is 0. The molecular formula is C19H19F3N2O. The van der Waals surface area contributed by atoms with Gasteiger partial charge in [-0.2, -0.15) is 13.2 Å². The molecule has 1 fully saturated rings. The van der Waals surface area contributed by atoms with Gasteiger partial charge in [0.25, 0.3) is 0 Å². The molecule has 2 aromatic carbocycles. The minimum absolute atomic E-state index is 0.173. The molecule has 0 saturated carbocycles. The second-order valence-corrected chi connectivity index (χ2v) is 6.18. The molecule has 1 saturated heterocycles. The predicted molar refractivity (Wildman–Crippen MR) is 89.9 cm³/mol. The van der Waals surface area contributed by atoms with E-state index in [2.05, 4.69) is 10.2 Å². The minimum Gasteiger partial charge on any atom is -0.325 e. The number of nitrogens with one attached hydrogen (secondary N) is 1. The number of rotatable bonds is 4. The van der Waals surface area contributed by atoms with E-state index >= 15 is 0 Å². The number of likely N-dealkylation sites (tertiary alicyclic amines) is 1. The smallest absolute Gasteiger partial charge is 0.325 e. The second-order valence-electron chi connectivity index (χ2n) is 6.18. The molecule has 1 heterocycles. The molecule has 132 valence electrons. The third-order valence-corrected chi connectivity index (χ3v) is 4.35. The highest BCUT2D eigenvalue weighted by atomic mass is 19.4. The topological polar surface area (TPSA) is 32.3 Å². The average molecular weight is 348 g/mol. The quantitative estimate of drug-likeness (QED) is 0.893. The van der Waals surface area contributed by atoms with E-state index in [0.717, 1.165) is 30.7 Å². The first-order valence-electron chi connectivity index (χ1n) is 8.19. The standard InChI is InChI=1S/C19H19F3N2O/c20-19(21,22)15-8-4-9-16(12-15)23-18(25)17-10-5-11-24(17)13-14-6-2-1-3-7-14/h1-4,6-9,12,17H,5,10-11,13H2,(H,23,25)/t17-/m0/s1. The summed E-state index contributed by atoms with van der Waals surface area (Å²) in [6, 6.07) is 14.2. The van der Waals surface area contributed by atoms with Crippen LogP contribution in [0.1, 0.15) is 24.0 Å². The van der Waals surface area contributed by atoms with Crippen molar-refractivity contribution >= 4 is 11.6 Å². The van der Waals surface area contributed by atoms with Gasteiger partial charge < -0.3 is 5.32 Å². The van der Waals surface area contributed by atoms with Gasteiger partial charge in [0.05, 0.1) is 11.6 Å². The lowest BCUT2D eigenvalue weighted by molar-refractivity contribution is -0.137. The van der Waals surface area contributed by atoms with Gasteiger partial charge in [0.2, 0.25) is 5.91 Å². The minimum atomic E-state index is -4.42. The highest BCUT2D eigenvalue weighted by Gasteiger charge is 2.32. The van der Waals surface area contributed by atoms with E-state index in [0.29, 0.717) is 13.0 Å². The zero-order chi connectivity index (χ0) is 17.9. The van der Waals surface area contributed by atoms with Crippen molar-refractivity contribution in [3.05, 3.63) is 65.7 Å². The van der Waals surface area contributed by atoms with Gasteiger partial charge in [-0.05, 0) is 43.1 Å². The van der Waals surface area contributed by atoms with Crippen LogP contribution in [0.3, 0.4) is 0 Å². The molecule has 1 atom stereocenters. The van der Waals surface area contributed by atoms with Crippen molar-refractivity contribution in [2.24, 2.45) is 0 Å². The van der Waals surface area contributed by atoms with Crippen LogP contribution in [0.5, 0.6) is 0 Å². The zero-order valence-corrected chi connectivity index (χ0v) is 13.6. The summed E-state index contributed by atoms with van der Waals surface area (Å²) in [5, 5.41) is 2.63. The highest BCUT2D eigenvalue weighted by molar-refractivity contribution is 5.95. The van der Waals surface area contributed by atoms with E-state index < -0.39 is 11.7 Å². The highest BCUT2D eigenvalue weighted by Crippen LogP contribution is 2.31. The fourth-order valence-corrected chi connectivity index (χ4v) is 3.13. The van der Waals surface area contributed by atoms with E-state index in [4.69, 9.17) is 0 Å². The summed E-state index contributed by atoms with van der Waals surface area (Å²) in [6.45, 7) is 1.46. The van der Waals surface area contributed by atoms with Crippen molar-refractivity contribution in [1.82, 2.24) is 4.90 Å². The lowest BCUT2D eigenvalue weighted by Gasteiger charge is -2.24. The van der Waals surface area contributed by atoms with Crippen LogP contribution in [0, 0.1) is 0 Å². The van der Waals surface area contributed by atoms with Gasteiger partial charge in [0.15, 0.2) is 0 Å². The van der Waals surface area contributed by atoms with Gasteiger partial charge in [0.1, 0.15) is 0 Å². The molecule has 0 aliphatic carbocycles. The Morgan fingerprint density at radius 1 is 1.12 bits per heavy atom.